The monoisotopic (exact) mass is 560 g/mol. The van der Waals surface area contributed by atoms with Gasteiger partial charge in [0, 0.05) is 16.0 Å². The molecule has 2 aromatic carbocycles. The second-order valence-electron chi connectivity index (χ2n) is 8.68. The number of aryl methyl sites for hydroxylation is 1. The van der Waals surface area contributed by atoms with E-state index in [0.29, 0.717) is 21.5 Å². The van der Waals surface area contributed by atoms with Gasteiger partial charge in [0.25, 0.3) is 15.7 Å². The molecule has 0 aliphatic rings. The number of nitrogens with zero attached hydrogens (tertiary/aromatic N) is 4. The molecule has 0 atom stereocenters. The molecular formula is C25H27ClN5O4S2+. The van der Waals surface area contributed by atoms with E-state index in [4.69, 9.17) is 16.2 Å². The zero-order chi connectivity index (χ0) is 26.9. The van der Waals surface area contributed by atoms with E-state index in [1.165, 1.54) is 11.3 Å². The quantitative estimate of drug-likeness (QED) is 0.241. The van der Waals surface area contributed by atoms with Gasteiger partial charge in [-0.05, 0) is 42.3 Å². The molecule has 0 radical (unpaired) electrons. The Morgan fingerprint density at radius 1 is 1.16 bits per heavy atom. The molecule has 0 aliphatic heterocycles. The topological polar surface area (TPSA) is 112 Å². The number of hydrogen-bond acceptors (Lipinski definition) is 6. The van der Waals surface area contributed by atoms with Gasteiger partial charge in [-0.1, -0.05) is 30.7 Å². The molecule has 12 heteroatoms. The second kappa shape index (κ2) is 10.6. The first kappa shape index (κ1) is 26.8. The predicted molar refractivity (Wildman–Crippen MR) is 150 cm³/mol. The van der Waals surface area contributed by atoms with Crippen molar-refractivity contribution >= 4 is 60.3 Å². The molecule has 3 aromatic heterocycles. The molecule has 0 amide bonds. The highest BCUT2D eigenvalue weighted by atomic mass is 35.5. The molecule has 2 N–H and O–H groups in total. The first-order chi connectivity index (χ1) is 17.5. The Kier molecular flexibility index (Phi) is 7.69. The molecule has 0 spiro atoms. The number of hydrogen-bond donors (Lipinski definition) is 2. The minimum Gasteiger partial charge on any atom is -0.286 e. The standard InChI is InChI=1S/C24H22ClN5OS.CH4O3S/c1-4-11-29-20-12-17(9-10-18(20)27-24(29)28(2)3)30-14-26-19-13-21(32-22(19)23(30)31)15-5-7-16(25)8-6-15;1-5(2,3)4/h5-10,12-14H,4,11H2,1-3H3;1H3,(H,2,3,4)/p+1. The molecule has 5 rings (SSSR count). The highest BCUT2D eigenvalue weighted by Crippen LogP contribution is 2.31. The van der Waals surface area contributed by atoms with Gasteiger partial charge in [0.1, 0.15) is 22.1 Å². The molecule has 3 heterocycles. The number of nitrogens with one attached hydrogen (secondary N) is 1. The van der Waals surface area contributed by atoms with Gasteiger partial charge >= 0.3 is 5.95 Å². The van der Waals surface area contributed by atoms with Crippen LogP contribution in [0.1, 0.15) is 13.3 Å². The van der Waals surface area contributed by atoms with Crippen molar-refractivity contribution in [3.63, 3.8) is 0 Å². The van der Waals surface area contributed by atoms with Gasteiger partial charge in [0.05, 0.1) is 38.1 Å². The maximum atomic E-state index is 13.4. The van der Waals surface area contributed by atoms with Gasteiger partial charge < -0.3 is 0 Å². The Morgan fingerprint density at radius 3 is 2.46 bits per heavy atom. The van der Waals surface area contributed by atoms with Gasteiger partial charge in [-0.25, -0.2) is 14.5 Å². The largest absolute Gasteiger partial charge is 0.357 e. The summed E-state index contributed by atoms with van der Waals surface area (Å²) >= 11 is 7.47. The first-order valence-corrected chi connectivity index (χ1v) is 14.4. The maximum absolute atomic E-state index is 13.4. The fourth-order valence-electron chi connectivity index (χ4n) is 3.96. The van der Waals surface area contributed by atoms with Crippen LogP contribution in [0.2, 0.25) is 5.02 Å². The summed E-state index contributed by atoms with van der Waals surface area (Å²) in [6.45, 7) is 3.05. The van der Waals surface area contributed by atoms with Crippen molar-refractivity contribution in [2.24, 2.45) is 0 Å². The average Bonchev–Trinajstić information content (AvgIpc) is 3.41. The number of anilines is 1. The van der Waals surface area contributed by atoms with Crippen molar-refractivity contribution in [2.45, 2.75) is 19.9 Å². The summed E-state index contributed by atoms with van der Waals surface area (Å²) in [5.74, 6) is 1.03. The van der Waals surface area contributed by atoms with Crippen LogP contribution in [0.3, 0.4) is 0 Å². The van der Waals surface area contributed by atoms with E-state index in [0.717, 1.165) is 46.1 Å². The van der Waals surface area contributed by atoms with Crippen molar-refractivity contribution in [2.75, 3.05) is 25.3 Å². The Bertz CT molecular complexity index is 1730. The number of benzene rings is 2. The van der Waals surface area contributed by atoms with Crippen LogP contribution in [0.25, 0.3) is 37.4 Å². The average molecular weight is 561 g/mol. The lowest BCUT2D eigenvalue weighted by Crippen LogP contribution is -2.38. The second-order valence-corrected chi connectivity index (χ2v) is 11.6. The summed E-state index contributed by atoms with van der Waals surface area (Å²) < 4.78 is 30.4. The van der Waals surface area contributed by atoms with Crippen LogP contribution in [0.4, 0.5) is 5.95 Å². The molecule has 9 nitrogen and oxygen atoms in total. The van der Waals surface area contributed by atoms with Crippen molar-refractivity contribution in [3.05, 3.63) is 70.2 Å². The molecule has 5 aromatic rings. The van der Waals surface area contributed by atoms with E-state index < -0.39 is 10.1 Å². The Balaban J connectivity index is 0.000000586. The summed E-state index contributed by atoms with van der Waals surface area (Å²) in [5.41, 5.74) is 4.56. The van der Waals surface area contributed by atoms with E-state index in [-0.39, 0.29) is 5.56 Å². The summed E-state index contributed by atoms with van der Waals surface area (Å²) in [7, 11) is 0.379. The Labute approximate surface area is 223 Å². The van der Waals surface area contributed by atoms with E-state index in [2.05, 4.69) is 32.4 Å². The molecule has 0 fully saturated rings. The number of thiophene rings is 1. The molecule has 194 valence electrons. The van der Waals surface area contributed by atoms with Crippen LogP contribution in [-0.2, 0) is 16.7 Å². The van der Waals surface area contributed by atoms with E-state index in [1.807, 2.05) is 56.6 Å². The van der Waals surface area contributed by atoms with E-state index in [1.54, 1.807) is 10.9 Å². The lowest BCUT2D eigenvalue weighted by molar-refractivity contribution is -0.658. The number of rotatable bonds is 5. The number of H-pyrrole nitrogens is 1. The minimum atomic E-state index is -3.67. The van der Waals surface area contributed by atoms with Gasteiger partial charge in [-0.3, -0.25) is 18.8 Å². The third-order valence-electron chi connectivity index (χ3n) is 5.49. The van der Waals surface area contributed by atoms with E-state index in [9.17, 15) is 13.2 Å². The fourth-order valence-corrected chi connectivity index (χ4v) is 5.13. The lowest BCUT2D eigenvalue weighted by atomic mass is 10.2. The minimum absolute atomic E-state index is 0.0648. The molecular weight excluding hydrogens is 534 g/mol. The summed E-state index contributed by atoms with van der Waals surface area (Å²) in [6.07, 6.45) is 3.35. The van der Waals surface area contributed by atoms with Crippen LogP contribution < -0.4 is 15.0 Å². The molecule has 0 aliphatic carbocycles. The molecule has 0 bridgehead atoms. The van der Waals surface area contributed by atoms with Crippen molar-refractivity contribution < 1.29 is 17.5 Å². The highest BCUT2D eigenvalue weighted by molar-refractivity contribution is 7.85. The molecule has 0 unspecified atom stereocenters. The van der Waals surface area contributed by atoms with Crippen LogP contribution in [0.5, 0.6) is 0 Å². The summed E-state index contributed by atoms with van der Waals surface area (Å²) in [5, 5.41) is 0.688. The number of aromatic nitrogens is 4. The van der Waals surface area contributed by atoms with Crippen LogP contribution >= 0.6 is 22.9 Å². The van der Waals surface area contributed by atoms with Crippen LogP contribution in [0.15, 0.2) is 59.7 Å². The normalized spacial score (nSPS) is 11.5. The van der Waals surface area contributed by atoms with Gasteiger partial charge in [-0.15, -0.1) is 11.3 Å². The SMILES string of the molecule is CCC[n+]1c(N(C)C)[nH]c2ccc(-n3cnc4cc(-c5ccc(Cl)cc5)sc4c3=O)cc21.CS(=O)(=O)O. The third-order valence-corrected chi connectivity index (χ3v) is 6.90. The van der Waals surface area contributed by atoms with Crippen molar-refractivity contribution in [3.8, 4) is 16.1 Å². The summed E-state index contributed by atoms with van der Waals surface area (Å²) in [4.78, 5) is 24.5. The smallest absolute Gasteiger partial charge is 0.286 e. The number of halogens is 1. The Morgan fingerprint density at radius 2 is 1.84 bits per heavy atom. The van der Waals surface area contributed by atoms with Crippen LogP contribution in [0, 0.1) is 0 Å². The number of aromatic amines is 1. The van der Waals surface area contributed by atoms with Gasteiger partial charge in [-0.2, -0.15) is 8.42 Å². The number of fused-ring (bicyclic) bond motifs is 2. The predicted octanol–water partition coefficient (Wildman–Crippen LogP) is 4.52. The van der Waals surface area contributed by atoms with Crippen LogP contribution in [-0.4, -0.2) is 47.9 Å². The molecule has 0 saturated heterocycles. The van der Waals surface area contributed by atoms with Crippen molar-refractivity contribution in [1.82, 2.24) is 14.5 Å². The zero-order valence-electron chi connectivity index (χ0n) is 20.8. The third kappa shape index (κ3) is 6.02. The van der Waals surface area contributed by atoms with Gasteiger partial charge in [0.2, 0.25) is 0 Å². The zero-order valence-corrected chi connectivity index (χ0v) is 23.2. The molecule has 37 heavy (non-hydrogen) atoms. The Hall–Kier alpha value is -3.25. The maximum Gasteiger partial charge on any atom is 0.357 e. The summed E-state index contributed by atoms with van der Waals surface area (Å²) in [6, 6.07) is 15.6. The van der Waals surface area contributed by atoms with E-state index >= 15 is 0 Å². The lowest BCUT2D eigenvalue weighted by Gasteiger charge is -2.07. The fraction of sp³-hybridized carbons (Fsp3) is 0.240. The van der Waals surface area contributed by atoms with Crippen molar-refractivity contribution in [1.29, 1.82) is 0 Å². The van der Waals surface area contributed by atoms with Gasteiger partial charge in [0.15, 0.2) is 0 Å². The highest BCUT2D eigenvalue weighted by Gasteiger charge is 2.20. The first-order valence-electron chi connectivity index (χ1n) is 11.4. The molecule has 0 saturated carbocycles. The number of imidazole rings is 1.